The van der Waals surface area contributed by atoms with Gasteiger partial charge in [0.2, 0.25) is 0 Å². The quantitative estimate of drug-likeness (QED) is 0.305. The van der Waals surface area contributed by atoms with Gasteiger partial charge in [-0.25, -0.2) is 9.89 Å². The molecule has 8 heteroatoms. The Morgan fingerprint density at radius 3 is 2.47 bits per heavy atom. The van der Waals surface area contributed by atoms with Gasteiger partial charge in [-0.1, -0.05) is 63.8 Å². The van der Waals surface area contributed by atoms with E-state index in [4.69, 9.17) is 0 Å². The number of aromatic nitrogens is 7. The fraction of sp³-hybridized carbons (Fsp3) is 0.423. The van der Waals surface area contributed by atoms with Crippen LogP contribution in [-0.4, -0.2) is 34.7 Å². The Kier molecular flexibility index (Phi) is 8.01. The van der Waals surface area contributed by atoms with Crippen molar-refractivity contribution in [2.24, 2.45) is 0 Å². The Labute approximate surface area is 200 Å². The lowest BCUT2D eigenvalue weighted by Crippen LogP contribution is -2.25. The van der Waals surface area contributed by atoms with E-state index in [1.807, 2.05) is 15.2 Å². The van der Waals surface area contributed by atoms with Crippen LogP contribution in [0.15, 0.2) is 53.7 Å². The van der Waals surface area contributed by atoms with Crippen LogP contribution in [0, 0.1) is 0 Å². The summed E-state index contributed by atoms with van der Waals surface area (Å²) >= 11 is 0. The van der Waals surface area contributed by atoms with Gasteiger partial charge in [0.05, 0.1) is 6.54 Å². The number of nitrogens with zero attached hydrogens (tertiary/aromatic N) is 6. The van der Waals surface area contributed by atoms with E-state index < -0.39 is 0 Å². The number of benzene rings is 1. The summed E-state index contributed by atoms with van der Waals surface area (Å²) in [5.41, 5.74) is 5.23. The van der Waals surface area contributed by atoms with Gasteiger partial charge in [-0.05, 0) is 52.4 Å². The van der Waals surface area contributed by atoms with Crippen molar-refractivity contribution in [3.63, 3.8) is 0 Å². The average molecular weight is 460 g/mol. The third kappa shape index (κ3) is 5.50. The zero-order chi connectivity index (χ0) is 23.8. The second-order valence-corrected chi connectivity index (χ2v) is 8.71. The lowest BCUT2D eigenvalue weighted by molar-refractivity contribution is 0.572. The molecular weight excluding hydrogens is 426 g/mol. The number of rotatable bonds is 12. The number of imidazole rings is 1. The van der Waals surface area contributed by atoms with Crippen molar-refractivity contribution in [1.82, 2.24) is 34.7 Å². The summed E-state index contributed by atoms with van der Waals surface area (Å²) in [5.74, 6) is 0.583. The molecule has 0 bridgehead atoms. The molecule has 0 aliphatic heterocycles. The number of aromatic amines is 1. The lowest BCUT2D eigenvalue weighted by Gasteiger charge is -2.10. The van der Waals surface area contributed by atoms with Gasteiger partial charge < -0.3 is 0 Å². The number of tetrazole rings is 1. The van der Waals surface area contributed by atoms with Crippen molar-refractivity contribution < 1.29 is 0 Å². The van der Waals surface area contributed by atoms with Gasteiger partial charge >= 0.3 is 5.69 Å². The highest BCUT2D eigenvalue weighted by Crippen LogP contribution is 2.29. The third-order valence-corrected chi connectivity index (χ3v) is 6.19. The van der Waals surface area contributed by atoms with Crippen molar-refractivity contribution in [3.05, 3.63) is 70.7 Å². The molecule has 0 fully saturated rings. The molecule has 1 aromatic carbocycles. The summed E-state index contributed by atoms with van der Waals surface area (Å²) < 4.78 is 3.86. The van der Waals surface area contributed by atoms with E-state index in [-0.39, 0.29) is 5.69 Å². The van der Waals surface area contributed by atoms with Crippen LogP contribution in [0.25, 0.3) is 22.5 Å². The molecule has 3 aromatic heterocycles. The molecule has 0 spiro atoms. The number of hydrogen-bond acceptors (Lipinski definition) is 5. The highest BCUT2D eigenvalue weighted by atomic mass is 16.1. The maximum atomic E-state index is 13.2. The molecular formula is C26H33N7O. The third-order valence-electron chi connectivity index (χ3n) is 6.19. The second kappa shape index (κ2) is 11.5. The minimum absolute atomic E-state index is 0.0981. The maximum absolute atomic E-state index is 13.2. The Hall–Kier alpha value is -3.55. The molecule has 0 aliphatic carbocycles. The zero-order valence-electron chi connectivity index (χ0n) is 20.1. The lowest BCUT2D eigenvalue weighted by atomic mass is 10.00. The first-order chi connectivity index (χ1) is 16.7. The van der Waals surface area contributed by atoms with Crippen LogP contribution < -0.4 is 5.69 Å². The van der Waals surface area contributed by atoms with E-state index in [1.54, 1.807) is 12.4 Å². The molecule has 1 N–H and O–H groups in total. The van der Waals surface area contributed by atoms with Crippen LogP contribution in [0.5, 0.6) is 0 Å². The number of H-pyrrole nitrogens is 1. The van der Waals surface area contributed by atoms with Crippen molar-refractivity contribution >= 4 is 0 Å². The smallest absolute Gasteiger partial charge is 0.299 e. The molecule has 3 heterocycles. The number of unbranched alkanes of at least 4 members (excludes halogenated alkanes) is 4. The monoisotopic (exact) mass is 459 g/mol. The Morgan fingerprint density at radius 1 is 0.941 bits per heavy atom. The van der Waals surface area contributed by atoms with E-state index in [1.165, 1.54) is 12.8 Å². The second-order valence-electron chi connectivity index (χ2n) is 8.71. The SMILES string of the molecule is CCCCCc1cn(CCCCC)c(=O)n1Cc1ccc(-c2ccncc2-c2nnn[nH]2)cc1. The molecule has 0 amide bonds. The first kappa shape index (κ1) is 23.6. The van der Waals surface area contributed by atoms with Gasteiger partial charge in [-0.2, -0.15) is 0 Å². The van der Waals surface area contributed by atoms with E-state index >= 15 is 0 Å². The van der Waals surface area contributed by atoms with Gasteiger partial charge in [-0.15, -0.1) is 5.10 Å². The summed E-state index contributed by atoms with van der Waals surface area (Å²) in [6, 6.07) is 10.3. The molecule has 0 aliphatic rings. The molecule has 0 saturated heterocycles. The van der Waals surface area contributed by atoms with Crippen molar-refractivity contribution in [3.8, 4) is 22.5 Å². The highest BCUT2D eigenvalue weighted by Gasteiger charge is 2.13. The standard InChI is InChI=1S/C26H33N7O/c1-3-5-7-9-22-19-32(16-8-6-4-2)26(34)33(22)18-20-10-12-21(13-11-20)23-14-15-27-17-24(23)25-28-30-31-29-25/h10-15,17,19H,3-9,16,18H2,1-2H3,(H,28,29,30,31). The summed E-state index contributed by atoms with van der Waals surface area (Å²) in [4.78, 5) is 17.4. The van der Waals surface area contributed by atoms with E-state index in [0.29, 0.717) is 12.4 Å². The van der Waals surface area contributed by atoms with Crippen LogP contribution in [-0.2, 0) is 19.5 Å². The minimum Gasteiger partial charge on any atom is -0.299 e. The molecule has 8 nitrogen and oxygen atoms in total. The molecule has 0 radical (unpaired) electrons. The van der Waals surface area contributed by atoms with Gasteiger partial charge in [0.15, 0.2) is 5.82 Å². The Balaban J connectivity index is 1.57. The molecule has 0 unspecified atom stereocenters. The molecule has 4 aromatic rings. The van der Waals surface area contributed by atoms with Crippen LogP contribution in [0.3, 0.4) is 0 Å². The molecule has 0 atom stereocenters. The summed E-state index contributed by atoms with van der Waals surface area (Å²) in [7, 11) is 0. The van der Waals surface area contributed by atoms with E-state index in [2.05, 4.69) is 69.9 Å². The van der Waals surface area contributed by atoms with Crippen molar-refractivity contribution in [2.75, 3.05) is 0 Å². The van der Waals surface area contributed by atoms with Crippen LogP contribution in [0.1, 0.15) is 63.6 Å². The van der Waals surface area contributed by atoms with Crippen molar-refractivity contribution in [1.29, 1.82) is 0 Å². The minimum atomic E-state index is 0.0981. The largest absolute Gasteiger partial charge is 0.328 e. The highest BCUT2D eigenvalue weighted by molar-refractivity contribution is 5.79. The fourth-order valence-electron chi connectivity index (χ4n) is 4.28. The molecule has 0 saturated carbocycles. The van der Waals surface area contributed by atoms with Crippen molar-refractivity contribution in [2.45, 2.75) is 71.9 Å². The van der Waals surface area contributed by atoms with Gasteiger partial charge in [0.1, 0.15) is 0 Å². The number of nitrogens with one attached hydrogen (secondary N) is 1. The summed E-state index contributed by atoms with van der Waals surface area (Å²) in [6.45, 7) is 5.76. The first-order valence-electron chi connectivity index (χ1n) is 12.3. The average Bonchev–Trinajstić information content (AvgIpc) is 3.50. The normalized spacial score (nSPS) is 11.2. The van der Waals surface area contributed by atoms with Crippen LogP contribution in [0.4, 0.5) is 0 Å². The van der Waals surface area contributed by atoms with Crippen LogP contribution in [0.2, 0.25) is 0 Å². The zero-order valence-corrected chi connectivity index (χ0v) is 20.1. The van der Waals surface area contributed by atoms with E-state index in [0.717, 1.165) is 66.6 Å². The maximum Gasteiger partial charge on any atom is 0.328 e. The predicted molar refractivity (Wildman–Crippen MR) is 133 cm³/mol. The summed E-state index contributed by atoms with van der Waals surface area (Å²) in [5, 5.41) is 14.2. The molecule has 4 rings (SSSR count). The number of aryl methyl sites for hydroxylation is 2. The number of pyridine rings is 1. The van der Waals surface area contributed by atoms with E-state index in [9.17, 15) is 4.79 Å². The van der Waals surface area contributed by atoms with Gasteiger partial charge in [0.25, 0.3) is 0 Å². The molecule has 34 heavy (non-hydrogen) atoms. The van der Waals surface area contributed by atoms with Gasteiger partial charge in [0, 0.05) is 36.4 Å². The topological polar surface area (TPSA) is 94.3 Å². The van der Waals surface area contributed by atoms with Crippen LogP contribution >= 0.6 is 0 Å². The summed E-state index contributed by atoms with van der Waals surface area (Å²) in [6.07, 6.45) is 13.3. The first-order valence-corrected chi connectivity index (χ1v) is 12.3. The fourth-order valence-corrected chi connectivity index (χ4v) is 4.28. The number of hydrogen-bond donors (Lipinski definition) is 1. The molecule has 178 valence electrons. The Morgan fingerprint density at radius 2 is 1.74 bits per heavy atom. The van der Waals surface area contributed by atoms with Gasteiger partial charge in [-0.3, -0.25) is 14.1 Å². The predicted octanol–water partition coefficient (Wildman–Crippen LogP) is 4.86. The Bertz CT molecular complexity index is 1220.